The Kier molecular flexibility index (Phi) is 6.17. The third kappa shape index (κ3) is 4.77. The molecule has 0 radical (unpaired) electrons. The summed E-state index contributed by atoms with van der Waals surface area (Å²) >= 11 is 0. The highest BCUT2D eigenvalue weighted by atomic mass is 35.5. The lowest BCUT2D eigenvalue weighted by Gasteiger charge is -2.38. The summed E-state index contributed by atoms with van der Waals surface area (Å²) < 4.78 is 13.8. The van der Waals surface area contributed by atoms with Crippen molar-refractivity contribution >= 4 is 12.4 Å². The Morgan fingerprint density at radius 1 is 0.957 bits per heavy atom. The number of hydrogen-bond acceptors (Lipinski definition) is 2. The Balaban J connectivity index is 0.00000192. The molecule has 0 unspecified atom stereocenters. The highest BCUT2D eigenvalue weighted by Crippen LogP contribution is 2.28. The van der Waals surface area contributed by atoms with Crippen LogP contribution >= 0.6 is 12.4 Å². The fourth-order valence-corrected chi connectivity index (χ4v) is 3.14. The van der Waals surface area contributed by atoms with Crippen LogP contribution in [0.25, 0.3) is 0 Å². The van der Waals surface area contributed by atoms with E-state index in [9.17, 15) is 9.50 Å². The van der Waals surface area contributed by atoms with E-state index in [4.69, 9.17) is 0 Å². The van der Waals surface area contributed by atoms with Crippen LogP contribution in [-0.4, -0.2) is 28.7 Å². The molecule has 1 aliphatic rings. The van der Waals surface area contributed by atoms with Crippen LogP contribution in [-0.2, 0) is 13.0 Å². The van der Waals surface area contributed by atoms with E-state index in [-0.39, 0.29) is 18.2 Å². The number of halogens is 2. The molecule has 124 valence electrons. The molecule has 0 saturated carbocycles. The zero-order chi connectivity index (χ0) is 15.4. The van der Waals surface area contributed by atoms with E-state index in [1.165, 1.54) is 11.6 Å². The van der Waals surface area contributed by atoms with Gasteiger partial charge in [-0.05, 0) is 30.0 Å². The molecule has 0 atom stereocenters. The molecule has 1 aliphatic heterocycles. The first-order valence-electron chi connectivity index (χ1n) is 7.87. The first kappa shape index (κ1) is 17.9. The number of likely N-dealkylation sites (tertiary alicyclic amines) is 1. The number of benzene rings is 2. The molecule has 3 rings (SSSR count). The van der Waals surface area contributed by atoms with E-state index in [2.05, 4.69) is 17.0 Å². The van der Waals surface area contributed by atoms with E-state index in [1.54, 1.807) is 12.1 Å². The highest BCUT2D eigenvalue weighted by molar-refractivity contribution is 5.85. The average molecular weight is 336 g/mol. The molecular formula is C19H23ClFNO. The van der Waals surface area contributed by atoms with Crippen LogP contribution in [0.15, 0.2) is 54.6 Å². The zero-order valence-electron chi connectivity index (χ0n) is 13.1. The summed E-state index contributed by atoms with van der Waals surface area (Å²) in [6, 6.07) is 17.1. The lowest BCUT2D eigenvalue weighted by Crippen LogP contribution is -2.45. The molecule has 0 aliphatic carbocycles. The van der Waals surface area contributed by atoms with E-state index >= 15 is 0 Å². The fourth-order valence-electron chi connectivity index (χ4n) is 3.14. The van der Waals surface area contributed by atoms with Crippen LogP contribution in [0.2, 0.25) is 0 Å². The summed E-state index contributed by atoms with van der Waals surface area (Å²) in [5.41, 5.74) is 1.12. The van der Waals surface area contributed by atoms with E-state index in [1.807, 2.05) is 24.3 Å². The molecule has 4 heteroatoms. The third-order valence-electron chi connectivity index (χ3n) is 4.51. The van der Waals surface area contributed by atoms with Gasteiger partial charge in [0.2, 0.25) is 0 Å². The lowest BCUT2D eigenvalue weighted by atomic mass is 9.85. The minimum Gasteiger partial charge on any atom is -0.389 e. The standard InChI is InChI=1S/C19H22FNO.ClH/c20-18-9-5-4-8-17(18)14-19(22)10-12-21(13-11-19)15-16-6-2-1-3-7-16;/h1-9,22H,10-15H2;1H. The second kappa shape index (κ2) is 7.91. The van der Waals surface area contributed by atoms with Crippen LogP contribution in [0.3, 0.4) is 0 Å². The molecule has 2 aromatic rings. The first-order chi connectivity index (χ1) is 10.6. The molecule has 1 N–H and O–H groups in total. The predicted octanol–water partition coefficient (Wildman–Crippen LogP) is 3.82. The number of hydrogen-bond donors (Lipinski definition) is 1. The van der Waals surface area contributed by atoms with E-state index < -0.39 is 5.60 Å². The summed E-state index contributed by atoms with van der Waals surface area (Å²) in [7, 11) is 0. The van der Waals surface area contributed by atoms with Crippen LogP contribution in [0.1, 0.15) is 24.0 Å². The molecule has 1 fully saturated rings. The van der Waals surface area contributed by atoms with Gasteiger partial charge in [-0.1, -0.05) is 48.5 Å². The summed E-state index contributed by atoms with van der Waals surface area (Å²) in [4.78, 5) is 2.35. The lowest BCUT2D eigenvalue weighted by molar-refractivity contribution is -0.0230. The minimum atomic E-state index is -0.782. The molecule has 1 heterocycles. The van der Waals surface area contributed by atoms with Gasteiger partial charge in [-0.15, -0.1) is 12.4 Å². The van der Waals surface area contributed by atoms with Gasteiger partial charge in [0.15, 0.2) is 0 Å². The summed E-state index contributed by atoms with van der Waals surface area (Å²) in [5.74, 6) is -0.220. The van der Waals surface area contributed by atoms with Crippen molar-refractivity contribution in [1.82, 2.24) is 4.90 Å². The number of piperidine rings is 1. The average Bonchev–Trinajstić information content (AvgIpc) is 2.53. The van der Waals surface area contributed by atoms with Crippen LogP contribution in [0.5, 0.6) is 0 Å². The molecule has 1 saturated heterocycles. The van der Waals surface area contributed by atoms with Crippen molar-refractivity contribution in [2.45, 2.75) is 31.4 Å². The second-order valence-corrected chi connectivity index (χ2v) is 6.25. The van der Waals surface area contributed by atoms with Gasteiger partial charge in [0, 0.05) is 26.1 Å². The van der Waals surface area contributed by atoms with E-state index in [0.717, 1.165) is 19.6 Å². The Bertz CT molecular complexity index is 612. The predicted molar refractivity (Wildman–Crippen MR) is 93.3 cm³/mol. The summed E-state index contributed by atoms with van der Waals surface area (Å²) in [6.45, 7) is 2.61. The van der Waals surface area contributed by atoms with Crippen LogP contribution in [0, 0.1) is 5.82 Å². The molecule has 2 nitrogen and oxygen atoms in total. The Morgan fingerprint density at radius 2 is 1.57 bits per heavy atom. The normalized spacial score (nSPS) is 17.5. The van der Waals surface area contributed by atoms with Crippen molar-refractivity contribution in [1.29, 1.82) is 0 Å². The van der Waals surface area contributed by atoms with Crippen LogP contribution in [0.4, 0.5) is 4.39 Å². The van der Waals surface area contributed by atoms with Crippen molar-refractivity contribution < 1.29 is 9.50 Å². The van der Waals surface area contributed by atoms with Crippen molar-refractivity contribution in [3.8, 4) is 0 Å². The molecular weight excluding hydrogens is 313 g/mol. The van der Waals surface area contributed by atoms with Gasteiger partial charge in [-0.2, -0.15) is 0 Å². The van der Waals surface area contributed by atoms with Gasteiger partial charge < -0.3 is 5.11 Å². The highest BCUT2D eigenvalue weighted by Gasteiger charge is 2.33. The smallest absolute Gasteiger partial charge is 0.126 e. The first-order valence-corrected chi connectivity index (χ1v) is 7.87. The molecule has 0 spiro atoms. The fraction of sp³-hybridized carbons (Fsp3) is 0.368. The zero-order valence-corrected chi connectivity index (χ0v) is 13.9. The Hall–Kier alpha value is -1.42. The quantitative estimate of drug-likeness (QED) is 0.918. The molecule has 2 aromatic carbocycles. The van der Waals surface area contributed by atoms with Gasteiger partial charge >= 0.3 is 0 Å². The topological polar surface area (TPSA) is 23.5 Å². The molecule has 0 aromatic heterocycles. The maximum atomic E-state index is 13.8. The van der Waals surface area contributed by atoms with Crippen molar-refractivity contribution in [3.63, 3.8) is 0 Å². The molecule has 23 heavy (non-hydrogen) atoms. The van der Waals surface area contributed by atoms with Crippen LogP contribution < -0.4 is 0 Å². The number of rotatable bonds is 4. The number of nitrogens with zero attached hydrogens (tertiary/aromatic N) is 1. The van der Waals surface area contributed by atoms with Crippen molar-refractivity contribution in [2.75, 3.05) is 13.1 Å². The molecule has 0 bridgehead atoms. The Morgan fingerprint density at radius 3 is 2.22 bits per heavy atom. The summed E-state index contributed by atoms with van der Waals surface area (Å²) in [5, 5.41) is 10.7. The minimum absolute atomic E-state index is 0. The number of aliphatic hydroxyl groups is 1. The second-order valence-electron chi connectivity index (χ2n) is 6.25. The SMILES string of the molecule is Cl.OC1(Cc2ccccc2F)CCN(Cc2ccccc2)CC1. The van der Waals surface area contributed by atoms with Crippen molar-refractivity contribution in [2.24, 2.45) is 0 Å². The Labute approximate surface area is 143 Å². The van der Waals surface area contributed by atoms with Gasteiger partial charge in [0.25, 0.3) is 0 Å². The van der Waals surface area contributed by atoms with Crippen molar-refractivity contribution in [3.05, 3.63) is 71.5 Å². The maximum absolute atomic E-state index is 13.8. The summed E-state index contributed by atoms with van der Waals surface area (Å²) in [6.07, 6.45) is 1.78. The van der Waals surface area contributed by atoms with Gasteiger partial charge in [0.1, 0.15) is 5.82 Å². The van der Waals surface area contributed by atoms with Gasteiger partial charge in [-0.25, -0.2) is 4.39 Å². The van der Waals surface area contributed by atoms with Gasteiger partial charge in [0.05, 0.1) is 5.60 Å². The maximum Gasteiger partial charge on any atom is 0.126 e. The van der Waals surface area contributed by atoms with Gasteiger partial charge in [-0.3, -0.25) is 4.90 Å². The molecule has 0 amide bonds. The van der Waals surface area contributed by atoms with E-state index in [0.29, 0.717) is 24.8 Å². The largest absolute Gasteiger partial charge is 0.389 e. The third-order valence-corrected chi connectivity index (χ3v) is 4.51. The monoisotopic (exact) mass is 335 g/mol.